The first-order chi connectivity index (χ1) is 6.13. The lowest BCUT2D eigenvalue weighted by Crippen LogP contribution is -2.31. The number of hydrogen-bond acceptors (Lipinski definition) is 1. The van der Waals surface area contributed by atoms with Gasteiger partial charge in [-0.1, -0.05) is 12.7 Å². The first kappa shape index (κ1) is 11.9. The minimum absolute atomic E-state index is 0.0616. The van der Waals surface area contributed by atoms with E-state index in [0.29, 0.717) is 5.57 Å². The summed E-state index contributed by atoms with van der Waals surface area (Å²) in [6.45, 7) is 12.6. The Bertz CT molecular complexity index is 196. The van der Waals surface area contributed by atoms with E-state index in [-0.39, 0.29) is 5.91 Å². The Morgan fingerprint density at radius 1 is 1.54 bits per heavy atom. The molecule has 0 spiro atoms. The highest BCUT2D eigenvalue weighted by atomic mass is 16.2. The summed E-state index contributed by atoms with van der Waals surface area (Å²) in [4.78, 5) is 13.3. The van der Waals surface area contributed by atoms with Crippen LogP contribution >= 0.6 is 0 Å². The number of carbonyl (C=O) groups excluding carboxylic acids is 1. The number of nitrogens with zero attached hydrogens (tertiary/aromatic N) is 1. The molecule has 0 aliphatic carbocycles. The topological polar surface area (TPSA) is 20.3 Å². The van der Waals surface area contributed by atoms with Gasteiger partial charge in [-0.25, -0.2) is 0 Å². The molecule has 2 heteroatoms. The van der Waals surface area contributed by atoms with Crippen molar-refractivity contribution in [3.8, 4) is 0 Å². The molecule has 0 fully saturated rings. The third-order valence-corrected chi connectivity index (χ3v) is 1.87. The maximum absolute atomic E-state index is 11.5. The second-order valence-electron chi connectivity index (χ2n) is 3.10. The van der Waals surface area contributed by atoms with Gasteiger partial charge >= 0.3 is 0 Å². The SMILES string of the molecule is C=CCCCN(CC)C(=O)C(=C)C. The van der Waals surface area contributed by atoms with Crippen LogP contribution in [0.25, 0.3) is 0 Å². The van der Waals surface area contributed by atoms with Crippen molar-refractivity contribution in [2.45, 2.75) is 26.7 Å². The molecule has 0 aliphatic rings. The van der Waals surface area contributed by atoms with Crippen LogP contribution in [-0.2, 0) is 4.79 Å². The van der Waals surface area contributed by atoms with Gasteiger partial charge < -0.3 is 4.90 Å². The fourth-order valence-corrected chi connectivity index (χ4v) is 1.10. The number of hydrogen-bond donors (Lipinski definition) is 0. The summed E-state index contributed by atoms with van der Waals surface area (Å²) in [7, 11) is 0. The van der Waals surface area contributed by atoms with Crippen molar-refractivity contribution in [1.82, 2.24) is 4.90 Å². The van der Waals surface area contributed by atoms with Crippen molar-refractivity contribution in [2.24, 2.45) is 0 Å². The molecule has 0 bridgehead atoms. The van der Waals surface area contributed by atoms with Crippen LogP contribution in [0.1, 0.15) is 26.7 Å². The largest absolute Gasteiger partial charge is 0.339 e. The minimum atomic E-state index is 0.0616. The Morgan fingerprint density at radius 2 is 2.15 bits per heavy atom. The lowest BCUT2D eigenvalue weighted by Gasteiger charge is -2.20. The molecular formula is C11H19NO. The number of amides is 1. The molecule has 0 rings (SSSR count). The van der Waals surface area contributed by atoms with Crippen LogP contribution in [0.2, 0.25) is 0 Å². The van der Waals surface area contributed by atoms with Crippen molar-refractivity contribution in [3.63, 3.8) is 0 Å². The monoisotopic (exact) mass is 181 g/mol. The average Bonchev–Trinajstić information content (AvgIpc) is 2.11. The van der Waals surface area contributed by atoms with E-state index in [9.17, 15) is 4.79 Å². The zero-order chi connectivity index (χ0) is 10.3. The fraction of sp³-hybridized carbons (Fsp3) is 0.545. The molecular weight excluding hydrogens is 162 g/mol. The summed E-state index contributed by atoms with van der Waals surface area (Å²) >= 11 is 0. The quantitative estimate of drug-likeness (QED) is 0.350. The Hall–Kier alpha value is -1.05. The van der Waals surface area contributed by atoms with Gasteiger partial charge in [0.05, 0.1) is 0 Å². The number of rotatable bonds is 6. The standard InChI is InChI=1S/C11H19NO/c1-5-7-8-9-12(6-2)11(13)10(3)4/h5H,1,3,6-9H2,2,4H3. The molecule has 0 saturated carbocycles. The fourth-order valence-electron chi connectivity index (χ4n) is 1.10. The van der Waals surface area contributed by atoms with Crippen molar-refractivity contribution in [2.75, 3.05) is 13.1 Å². The highest BCUT2D eigenvalue weighted by molar-refractivity contribution is 5.92. The normalized spacial score (nSPS) is 9.38. The molecule has 0 heterocycles. The second-order valence-corrected chi connectivity index (χ2v) is 3.10. The summed E-state index contributed by atoms with van der Waals surface area (Å²) in [6, 6.07) is 0. The van der Waals surface area contributed by atoms with Gasteiger partial charge in [-0.3, -0.25) is 4.79 Å². The summed E-state index contributed by atoms with van der Waals surface area (Å²) in [5, 5.41) is 0. The van der Waals surface area contributed by atoms with Crippen molar-refractivity contribution in [3.05, 3.63) is 24.8 Å². The molecule has 0 unspecified atom stereocenters. The first-order valence-corrected chi connectivity index (χ1v) is 4.69. The average molecular weight is 181 g/mol. The van der Waals surface area contributed by atoms with Crippen LogP contribution in [0.5, 0.6) is 0 Å². The Labute approximate surface area is 80.9 Å². The zero-order valence-electron chi connectivity index (χ0n) is 8.68. The number of carbonyl (C=O) groups is 1. The molecule has 1 amide bonds. The van der Waals surface area contributed by atoms with E-state index in [1.165, 1.54) is 0 Å². The highest BCUT2D eigenvalue weighted by Crippen LogP contribution is 2.01. The molecule has 74 valence electrons. The summed E-state index contributed by atoms with van der Waals surface area (Å²) < 4.78 is 0. The zero-order valence-corrected chi connectivity index (χ0v) is 8.68. The molecule has 0 aromatic carbocycles. The number of unbranched alkanes of at least 4 members (excludes halogenated alkanes) is 1. The molecule has 0 aliphatic heterocycles. The molecule has 0 radical (unpaired) electrons. The van der Waals surface area contributed by atoms with Crippen LogP contribution < -0.4 is 0 Å². The lowest BCUT2D eigenvalue weighted by molar-refractivity contribution is -0.126. The van der Waals surface area contributed by atoms with Crippen molar-refractivity contribution < 1.29 is 4.79 Å². The van der Waals surface area contributed by atoms with Gasteiger partial charge in [0.15, 0.2) is 0 Å². The maximum atomic E-state index is 11.5. The van der Waals surface area contributed by atoms with Gasteiger partial charge in [0.2, 0.25) is 5.91 Å². The molecule has 0 aromatic heterocycles. The number of likely N-dealkylation sites (N-methyl/N-ethyl adjacent to an activating group) is 1. The number of allylic oxidation sites excluding steroid dienone is 1. The summed E-state index contributed by atoms with van der Waals surface area (Å²) in [6.07, 6.45) is 3.81. The van der Waals surface area contributed by atoms with E-state index in [2.05, 4.69) is 13.2 Å². The van der Waals surface area contributed by atoms with Gasteiger partial charge in [0.25, 0.3) is 0 Å². The first-order valence-electron chi connectivity index (χ1n) is 4.69. The highest BCUT2D eigenvalue weighted by Gasteiger charge is 2.10. The van der Waals surface area contributed by atoms with Gasteiger partial charge in [-0.15, -0.1) is 6.58 Å². The van der Waals surface area contributed by atoms with Crippen LogP contribution in [0.4, 0.5) is 0 Å². The van der Waals surface area contributed by atoms with Gasteiger partial charge in [0, 0.05) is 18.7 Å². The van der Waals surface area contributed by atoms with Gasteiger partial charge in [-0.05, 0) is 26.7 Å². The Morgan fingerprint density at radius 3 is 2.54 bits per heavy atom. The summed E-state index contributed by atoms with van der Waals surface area (Å²) in [5.74, 6) is 0.0616. The van der Waals surface area contributed by atoms with E-state index >= 15 is 0 Å². The van der Waals surface area contributed by atoms with E-state index < -0.39 is 0 Å². The lowest BCUT2D eigenvalue weighted by atomic mass is 10.2. The molecule has 0 N–H and O–H groups in total. The van der Waals surface area contributed by atoms with Crippen molar-refractivity contribution >= 4 is 5.91 Å². The van der Waals surface area contributed by atoms with E-state index in [4.69, 9.17) is 0 Å². The van der Waals surface area contributed by atoms with Crippen LogP contribution in [-0.4, -0.2) is 23.9 Å². The van der Waals surface area contributed by atoms with E-state index in [1.54, 1.807) is 6.92 Å². The van der Waals surface area contributed by atoms with Gasteiger partial charge in [-0.2, -0.15) is 0 Å². The molecule has 0 aromatic rings. The maximum Gasteiger partial charge on any atom is 0.248 e. The van der Waals surface area contributed by atoms with Gasteiger partial charge in [0.1, 0.15) is 0 Å². The van der Waals surface area contributed by atoms with E-state index in [0.717, 1.165) is 25.9 Å². The second kappa shape index (κ2) is 6.46. The smallest absolute Gasteiger partial charge is 0.248 e. The molecule has 0 saturated heterocycles. The van der Waals surface area contributed by atoms with Crippen LogP contribution in [0.3, 0.4) is 0 Å². The third kappa shape index (κ3) is 4.51. The minimum Gasteiger partial charge on any atom is -0.339 e. The van der Waals surface area contributed by atoms with Crippen LogP contribution in [0, 0.1) is 0 Å². The van der Waals surface area contributed by atoms with Crippen molar-refractivity contribution in [1.29, 1.82) is 0 Å². The summed E-state index contributed by atoms with van der Waals surface area (Å²) in [5.41, 5.74) is 0.612. The third-order valence-electron chi connectivity index (χ3n) is 1.87. The predicted octanol–water partition coefficient (Wildman–Crippen LogP) is 2.38. The Kier molecular flexibility index (Phi) is 5.94. The molecule has 13 heavy (non-hydrogen) atoms. The van der Waals surface area contributed by atoms with Crippen LogP contribution in [0.15, 0.2) is 24.8 Å². The molecule has 2 nitrogen and oxygen atoms in total. The predicted molar refractivity (Wildman–Crippen MR) is 56.5 cm³/mol. The Balaban J connectivity index is 3.94. The van der Waals surface area contributed by atoms with E-state index in [1.807, 2.05) is 17.9 Å². The molecule has 0 atom stereocenters.